The van der Waals surface area contributed by atoms with Gasteiger partial charge in [-0.05, 0) is 38.8 Å². The van der Waals surface area contributed by atoms with Crippen molar-refractivity contribution in [3.8, 4) is 0 Å². The number of halogens is 2. The molecule has 0 unspecified atom stereocenters. The van der Waals surface area contributed by atoms with E-state index in [1.165, 1.54) is 10.9 Å². The fraction of sp³-hybridized carbons (Fsp3) is 0.444. The lowest BCUT2D eigenvalue weighted by Gasteiger charge is -2.05. The van der Waals surface area contributed by atoms with Crippen LogP contribution in [0.1, 0.15) is 13.3 Å². The van der Waals surface area contributed by atoms with Crippen molar-refractivity contribution in [2.45, 2.75) is 19.9 Å². The second kappa shape index (κ2) is 6.15. The first-order valence-electron chi connectivity index (χ1n) is 4.74. The van der Waals surface area contributed by atoms with Crippen molar-refractivity contribution in [1.29, 1.82) is 0 Å². The van der Waals surface area contributed by atoms with E-state index < -0.39 is 0 Å². The number of nitrogens with one attached hydrogen (secondary N) is 1. The number of carbonyl (C=O) groups excluding carboxylic acids is 1. The fourth-order valence-electron chi connectivity index (χ4n) is 1.10. The van der Waals surface area contributed by atoms with Crippen LogP contribution in [-0.2, 0) is 11.3 Å². The monoisotopic (exact) mass is 351 g/mol. The molecular weight excluding hydrogens is 342 g/mol. The molecule has 7 heteroatoms. The van der Waals surface area contributed by atoms with Crippen LogP contribution in [0.15, 0.2) is 19.9 Å². The summed E-state index contributed by atoms with van der Waals surface area (Å²) in [4.78, 5) is 22.9. The predicted octanol–water partition coefficient (Wildman–Crippen LogP) is 1.29. The molecule has 1 heterocycles. The lowest BCUT2D eigenvalue weighted by molar-refractivity contribution is -0.121. The number of carbonyl (C=O) groups is 1. The third-order valence-electron chi connectivity index (χ3n) is 1.87. The summed E-state index contributed by atoms with van der Waals surface area (Å²) in [7, 11) is 0. The van der Waals surface area contributed by atoms with Crippen molar-refractivity contribution in [2.75, 3.05) is 6.54 Å². The molecule has 0 aromatic carbocycles. The average molecular weight is 353 g/mol. The van der Waals surface area contributed by atoms with Gasteiger partial charge in [-0.15, -0.1) is 0 Å². The molecule has 1 rings (SSSR count). The summed E-state index contributed by atoms with van der Waals surface area (Å²) in [6.45, 7) is 2.71. The van der Waals surface area contributed by atoms with Crippen molar-refractivity contribution in [3.05, 3.63) is 25.5 Å². The summed E-state index contributed by atoms with van der Waals surface area (Å²) >= 11 is 6.33. The molecule has 88 valence electrons. The highest BCUT2D eigenvalue weighted by Crippen LogP contribution is 2.16. The van der Waals surface area contributed by atoms with Crippen LogP contribution in [-0.4, -0.2) is 22.2 Å². The number of hydrogen-bond acceptors (Lipinski definition) is 3. The summed E-state index contributed by atoms with van der Waals surface area (Å²) < 4.78 is 2.27. The van der Waals surface area contributed by atoms with Gasteiger partial charge in [-0.25, -0.2) is 4.68 Å². The normalized spacial score (nSPS) is 10.2. The van der Waals surface area contributed by atoms with Gasteiger partial charge in [-0.1, -0.05) is 0 Å². The highest BCUT2D eigenvalue weighted by atomic mass is 79.9. The van der Waals surface area contributed by atoms with Crippen molar-refractivity contribution in [2.24, 2.45) is 0 Å². The standard InChI is InChI=1S/C9H11Br2N3O2/c1-2-12-7(15)3-4-14-9(16)8(11)6(10)5-13-14/h5H,2-4H2,1H3,(H,12,15). The second-order valence-electron chi connectivity index (χ2n) is 3.04. The molecule has 16 heavy (non-hydrogen) atoms. The van der Waals surface area contributed by atoms with Crippen LogP contribution in [0.3, 0.4) is 0 Å². The van der Waals surface area contributed by atoms with Crippen molar-refractivity contribution < 1.29 is 4.79 Å². The lowest BCUT2D eigenvalue weighted by atomic mass is 10.4. The van der Waals surface area contributed by atoms with Gasteiger partial charge in [-0.2, -0.15) is 5.10 Å². The first-order valence-corrected chi connectivity index (χ1v) is 6.32. The summed E-state index contributed by atoms with van der Waals surface area (Å²) in [6, 6.07) is 0. The number of aryl methyl sites for hydroxylation is 1. The minimum atomic E-state index is -0.251. The van der Waals surface area contributed by atoms with Gasteiger partial charge in [0.15, 0.2) is 0 Å². The zero-order valence-electron chi connectivity index (χ0n) is 8.67. The third kappa shape index (κ3) is 3.41. The maximum Gasteiger partial charge on any atom is 0.282 e. The molecule has 0 fully saturated rings. The van der Waals surface area contributed by atoms with Gasteiger partial charge < -0.3 is 5.32 Å². The molecule has 0 saturated carbocycles. The Bertz CT molecular complexity index is 445. The van der Waals surface area contributed by atoms with Crippen LogP contribution in [0, 0.1) is 0 Å². The van der Waals surface area contributed by atoms with E-state index in [0.717, 1.165) is 0 Å². The van der Waals surface area contributed by atoms with Crippen LogP contribution < -0.4 is 10.9 Å². The van der Waals surface area contributed by atoms with Gasteiger partial charge in [-0.3, -0.25) is 9.59 Å². The molecule has 1 aromatic heterocycles. The maximum atomic E-state index is 11.7. The highest BCUT2D eigenvalue weighted by molar-refractivity contribution is 9.13. The molecular formula is C9H11Br2N3O2. The first kappa shape index (κ1) is 13.4. The molecule has 0 radical (unpaired) electrons. The maximum absolute atomic E-state index is 11.7. The number of nitrogens with zero attached hydrogens (tertiary/aromatic N) is 2. The highest BCUT2D eigenvalue weighted by Gasteiger charge is 2.07. The Morgan fingerprint density at radius 1 is 1.56 bits per heavy atom. The van der Waals surface area contributed by atoms with Gasteiger partial charge >= 0.3 is 0 Å². The van der Waals surface area contributed by atoms with E-state index >= 15 is 0 Å². The molecule has 0 bridgehead atoms. The fourth-order valence-corrected chi connectivity index (χ4v) is 1.67. The topological polar surface area (TPSA) is 64.0 Å². The smallest absolute Gasteiger partial charge is 0.282 e. The Labute approximate surface area is 109 Å². The Kier molecular flexibility index (Phi) is 5.14. The summed E-state index contributed by atoms with van der Waals surface area (Å²) in [5, 5.41) is 6.58. The minimum Gasteiger partial charge on any atom is -0.356 e. The Morgan fingerprint density at radius 3 is 2.88 bits per heavy atom. The number of amides is 1. The van der Waals surface area contributed by atoms with E-state index in [-0.39, 0.29) is 24.4 Å². The zero-order chi connectivity index (χ0) is 12.1. The van der Waals surface area contributed by atoms with Crippen LogP contribution in [0.4, 0.5) is 0 Å². The second-order valence-corrected chi connectivity index (χ2v) is 4.69. The first-order chi connectivity index (χ1) is 7.56. The molecule has 1 N–H and O–H groups in total. The summed E-state index contributed by atoms with van der Waals surface area (Å²) in [5.41, 5.74) is -0.251. The van der Waals surface area contributed by atoms with Gasteiger partial charge in [0.1, 0.15) is 4.47 Å². The summed E-state index contributed by atoms with van der Waals surface area (Å²) in [5.74, 6) is -0.0877. The molecule has 0 saturated heterocycles. The largest absolute Gasteiger partial charge is 0.356 e. The van der Waals surface area contributed by atoms with E-state index in [9.17, 15) is 9.59 Å². The molecule has 0 aliphatic carbocycles. The number of hydrogen-bond donors (Lipinski definition) is 1. The van der Waals surface area contributed by atoms with Gasteiger partial charge in [0.05, 0.1) is 17.2 Å². The van der Waals surface area contributed by atoms with Crippen LogP contribution in [0.5, 0.6) is 0 Å². The van der Waals surface area contributed by atoms with Crippen molar-refractivity contribution in [3.63, 3.8) is 0 Å². The van der Waals surface area contributed by atoms with Crippen molar-refractivity contribution >= 4 is 37.8 Å². The molecule has 0 aliphatic heterocycles. The predicted molar refractivity (Wildman–Crippen MR) is 67.2 cm³/mol. The Hall–Kier alpha value is -0.690. The van der Waals surface area contributed by atoms with Gasteiger partial charge in [0, 0.05) is 13.0 Å². The van der Waals surface area contributed by atoms with Crippen molar-refractivity contribution in [1.82, 2.24) is 15.1 Å². The SMILES string of the molecule is CCNC(=O)CCn1ncc(Br)c(Br)c1=O. The third-order valence-corrected chi connectivity index (χ3v) is 3.77. The number of aromatic nitrogens is 2. The van der Waals surface area contributed by atoms with Gasteiger partial charge in [0.2, 0.25) is 5.91 Å². The van der Waals surface area contributed by atoms with Crippen LogP contribution in [0.25, 0.3) is 0 Å². The molecule has 0 aliphatic rings. The van der Waals surface area contributed by atoms with Crippen LogP contribution in [0.2, 0.25) is 0 Å². The molecule has 5 nitrogen and oxygen atoms in total. The van der Waals surface area contributed by atoms with E-state index in [0.29, 0.717) is 15.5 Å². The molecule has 0 spiro atoms. The summed E-state index contributed by atoms with van der Waals surface area (Å²) in [6.07, 6.45) is 1.76. The van der Waals surface area contributed by atoms with Crippen LogP contribution >= 0.6 is 31.9 Å². The van der Waals surface area contributed by atoms with E-state index in [4.69, 9.17) is 0 Å². The van der Waals surface area contributed by atoms with E-state index in [1.807, 2.05) is 6.92 Å². The average Bonchev–Trinajstić information content (AvgIpc) is 2.25. The zero-order valence-corrected chi connectivity index (χ0v) is 11.8. The Balaban J connectivity index is 2.72. The number of rotatable bonds is 4. The molecule has 1 amide bonds. The van der Waals surface area contributed by atoms with E-state index in [2.05, 4.69) is 42.3 Å². The quantitative estimate of drug-likeness (QED) is 0.888. The minimum absolute atomic E-state index is 0.0877. The van der Waals surface area contributed by atoms with Gasteiger partial charge in [0.25, 0.3) is 5.56 Å². The lowest BCUT2D eigenvalue weighted by Crippen LogP contribution is -2.28. The van der Waals surface area contributed by atoms with E-state index in [1.54, 1.807) is 0 Å². The Morgan fingerprint density at radius 2 is 2.25 bits per heavy atom. The molecule has 1 aromatic rings. The molecule has 0 atom stereocenters.